The molecule has 0 radical (unpaired) electrons. The van der Waals surface area contributed by atoms with E-state index in [1.807, 2.05) is 0 Å². The van der Waals surface area contributed by atoms with Gasteiger partial charge in [-0.05, 0) is 25.1 Å². The molecule has 11 heteroatoms. The molecule has 0 amide bonds. The van der Waals surface area contributed by atoms with Crippen LogP contribution in [-0.2, 0) is 10.9 Å². The largest absolute Gasteiger partial charge is 0.462 e. The van der Waals surface area contributed by atoms with E-state index < -0.39 is 23.4 Å². The van der Waals surface area contributed by atoms with Crippen molar-refractivity contribution in [3.63, 3.8) is 0 Å². The van der Waals surface area contributed by atoms with E-state index >= 15 is 0 Å². The molecule has 0 bridgehead atoms. The zero-order valence-corrected chi connectivity index (χ0v) is 15.2. The van der Waals surface area contributed by atoms with Gasteiger partial charge in [0.05, 0.1) is 6.61 Å². The zero-order chi connectivity index (χ0) is 19.8. The number of esters is 1. The second-order valence-corrected chi connectivity index (χ2v) is 6.70. The molecule has 0 N–H and O–H groups in total. The highest BCUT2D eigenvalue weighted by molar-refractivity contribution is 7.16. The average molecular weight is 418 g/mol. The summed E-state index contributed by atoms with van der Waals surface area (Å²) in [4.78, 5) is 23.8. The molecular weight excluding hydrogens is 407 g/mol. The highest BCUT2D eigenvalue weighted by Gasteiger charge is 2.40. The van der Waals surface area contributed by atoms with Crippen molar-refractivity contribution in [2.24, 2.45) is 0 Å². The number of hydrogen-bond donors (Lipinski definition) is 0. The Labute approximate surface area is 159 Å². The first-order chi connectivity index (χ1) is 12.7. The average Bonchev–Trinajstić information content (AvgIpc) is 3.21. The van der Waals surface area contributed by atoms with Crippen LogP contribution in [0.3, 0.4) is 0 Å². The molecule has 0 spiro atoms. The number of alkyl halides is 3. The summed E-state index contributed by atoms with van der Waals surface area (Å²) < 4.78 is 46.5. The van der Waals surface area contributed by atoms with Gasteiger partial charge in [0.1, 0.15) is 15.6 Å². The Morgan fingerprint density at radius 2 is 2.00 bits per heavy atom. The van der Waals surface area contributed by atoms with Gasteiger partial charge in [0, 0.05) is 23.5 Å². The number of halogens is 4. The standard InChI is InChI=1S/C16H11ClF3N3O3S/c1-2-26-15(25)10-8-23(21-14(10)16(18,19)20)13-4-3-12(27-13)22-6-5-9(17)7-11(22)24/h3-8H,2H2,1H3. The van der Waals surface area contributed by atoms with Crippen molar-refractivity contribution >= 4 is 28.9 Å². The molecule has 0 aromatic carbocycles. The summed E-state index contributed by atoms with van der Waals surface area (Å²) in [5, 5.41) is 4.50. The van der Waals surface area contributed by atoms with E-state index in [1.165, 1.54) is 35.9 Å². The normalized spacial score (nSPS) is 11.6. The van der Waals surface area contributed by atoms with Crippen LogP contribution in [0.5, 0.6) is 0 Å². The maximum atomic E-state index is 13.2. The second-order valence-electron chi connectivity index (χ2n) is 5.22. The predicted molar refractivity (Wildman–Crippen MR) is 93.0 cm³/mol. The molecule has 0 aliphatic rings. The number of ether oxygens (including phenoxy) is 1. The summed E-state index contributed by atoms with van der Waals surface area (Å²) in [6.07, 6.45) is -2.41. The minimum Gasteiger partial charge on any atom is -0.462 e. The van der Waals surface area contributed by atoms with Gasteiger partial charge in [-0.2, -0.15) is 18.3 Å². The highest BCUT2D eigenvalue weighted by Crippen LogP contribution is 2.33. The molecule has 0 saturated carbocycles. The predicted octanol–water partition coefficient (Wildman–Crippen LogP) is 3.93. The quantitative estimate of drug-likeness (QED) is 0.603. The summed E-state index contributed by atoms with van der Waals surface area (Å²) in [5.74, 6) is -1.11. The first-order valence-corrected chi connectivity index (χ1v) is 8.73. The van der Waals surface area contributed by atoms with Gasteiger partial charge in [-0.25, -0.2) is 9.48 Å². The molecule has 3 heterocycles. The maximum absolute atomic E-state index is 13.2. The Kier molecular flexibility index (Phi) is 5.11. The van der Waals surface area contributed by atoms with Crippen LogP contribution in [0, 0.1) is 0 Å². The molecule has 0 aliphatic heterocycles. The van der Waals surface area contributed by atoms with Crippen molar-refractivity contribution in [3.8, 4) is 10.0 Å². The number of thiophene rings is 1. The summed E-state index contributed by atoms with van der Waals surface area (Å²) in [5.41, 5.74) is -2.40. The lowest BCUT2D eigenvalue weighted by molar-refractivity contribution is -0.141. The lowest BCUT2D eigenvalue weighted by Crippen LogP contribution is -2.14. The van der Waals surface area contributed by atoms with Gasteiger partial charge in [0.2, 0.25) is 0 Å². The molecule has 6 nitrogen and oxygen atoms in total. The fourth-order valence-corrected chi connectivity index (χ4v) is 3.33. The van der Waals surface area contributed by atoms with Gasteiger partial charge in [-0.1, -0.05) is 22.9 Å². The number of carbonyl (C=O) groups is 1. The third-order valence-corrected chi connectivity index (χ3v) is 4.71. The molecule has 3 rings (SSSR count). The van der Waals surface area contributed by atoms with Crippen molar-refractivity contribution in [3.05, 3.63) is 63.3 Å². The summed E-state index contributed by atoms with van der Waals surface area (Å²) in [6, 6.07) is 5.77. The van der Waals surface area contributed by atoms with Gasteiger partial charge in [0.15, 0.2) is 5.69 Å². The van der Waals surface area contributed by atoms with Crippen LogP contribution >= 0.6 is 22.9 Å². The van der Waals surface area contributed by atoms with Gasteiger partial charge < -0.3 is 4.74 Å². The molecule has 142 valence electrons. The number of hydrogen-bond acceptors (Lipinski definition) is 5. The Balaban J connectivity index is 2.04. The lowest BCUT2D eigenvalue weighted by Gasteiger charge is -2.04. The van der Waals surface area contributed by atoms with Gasteiger partial charge in [-0.3, -0.25) is 9.36 Å². The van der Waals surface area contributed by atoms with Gasteiger partial charge >= 0.3 is 12.1 Å². The fraction of sp³-hybridized carbons (Fsp3) is 0.188. The molecular formula is C16H11ClF3N3O3S. The molecule has 0 atom stereocenters. The van der Waals surface area contributed by atoms with Crippen LogP contribution in [0.15, 0.2) is 41.5 Å². The first-order valence-electron chi connectivity index (χ1n) is 7.53. The summed E-state index contributed by atoms with van der Waals surface area (Å²) in [6.45, 7) is 1.43. The summed E-state index contributed by atoms with van der Waals surface area (Å²) in [7, 11) is 0. The van der Waals surface area contributed by atoms with Crippen molar-refractivity contribution in [2.75, 3.05) is 6.61 Å². The molecule has 27 heavy (non-hydrogen) atoms. The van der Waals surface area contributed by atoms with E-state index in [1.54, 1.807) is 6.07 Å². The molecule has 0 fully saturated rings. The Morgan fingerprint density at radius 1 is 1.30 bits per heavy atom. The third kappa shape index (κ3) is 3.91. The maximum Gasteiger partial charge on any atom is 0.436 e. The smallest absolute Gasteiger partial charge is 0.436 e. The van der Waals surface area contributed by atoms with Crippen LogP contribution < -0.4 is 5.56 Å². The Bertz CT molecular complexity index is 1060. The molecule has 0 aliphatic carbocycles. The number of nitrogens with zero attached hydrogens (tertiary/aromatic N) is 3. The van der Waals surface area contributed by atoms with Crippen LogP contribution in [0.25, 0.3) is 10.0 Å². The lowest BCUT2D eigenvalue weighted by atomic mass is 10.2. The summed E-state index contributed by atoms with van der Waals surface area (Å²) >= 11 is 6.77. The van der Waals surface area contributed by atoms with E-state index in [0.29, 0.717) is 5.00 Å². The Morgan fingerprint density at radius 3 is 2.63 bits per heavy atom. The third-order valence-electron chi connectivity index (χ3n) is 3.40. The van der Waals surface area contributed by atoms with Crippen molar-refractivity contribution in [1.82, 2.24) is 14.3 Å². The van der Waals surface area contributed by atoms with Gasteiger partial charge in [0.25, 0.3) is 5.56 Å². The first kappa shape index (κ1) is 19.2. The van der Waals surface area contributed by atoms with Crippen LogP contribution in [-0.4, -0.2) is 26.9 Å². The van der Waals surface area contributed by atoms with E-state index in [0.717, 1.165) is 22.2 Å². The number of pyridine rings is 1. The van der Waals surface area contributed by atoms with Crippen LogP contribution in [0.1, 0.15) is 23.0 Å². The van der Waals surface area contributed by atoms with Crippen molar-refractivity contribution in [2.45, 2.75) is 13.1 Å². The number of aromatic nitrogens is 3. The van der Waals surface area contributed by atoms with Gasteiger partial charge in [-0.15, -0.1) is 0 Å². The van der Waals surface area contributed by atoms with Crippen LogP contribution in [0.4, 0.5) is 13.2 Å². The molecule has 0 unspecified atom stereocenters. The fourth-order valence-electron chi connectivity index (χ4n) is 2.26. The second kappa shape index (κ2) is 7.20. The van der Waals surface area contributed by atoms with Crippen molar-refractivity contribution < 1.29 is 22.7 Å². The minimum atomic E-state index is -4.82. The van der Waals surface area contributed by atoms with Crippen molar-refractivity contribution in [1.29, 1.82) is 0 Å². The topological polar surface area (TPSA) is 66.1 Å². The highest BCUT2D eigenvalue weighted by atomic mass is 35.5. The number of rotatable bonds is 4. The molecule has 0 saturated heterocycles. The molecule has 3 aromatic heterocycles. The number of carbonyl (C=O) groups excluding carboxylic acids is 1. The van der Waals surface area contributed by atoms with Crippen LogP contribution in [0.2, 0.25) is 5.02 Å². The van der Waals surface area contributed by atoms with E-state index in [9.17, 15) is 22.8 Å². The molecule has 3 aromatic rings. The van der Waals surface area contributed by atoms with E-state index in [2.05, 4.69) is 9.84 Å². The minimum absolute atomic E-state index is 0.0655. The van der Waals surface area contributed by atoms with E-state index in [4.69, 9.17) is 11.6 Å². The SMILES string of the molecule is CCOC(=O)c1cn(-c2ccc(-n3ccc(Cl)cc3=O)s2)nc1C(F)(F)F. The monoisotopic (exact) mass is 417 g/mol. The Hall–Kier alpha value is -2.59. The van der Waals surface area contributed by atoms with E-state index in [-0.39, 0.29) is 22.2 Å². The zero-order valence-electron chi connectivity index (χ0n) is 13.7.